The van der Waals surface area contributed by atoms with Crippen molar-refractivity contribution < 1.29 is 9.59 Å². The van der Waals surface area contributed by atoms with E-state index >= 15 is 0 Å². The number of halogens is 1. The molecule has 2 aromatic rings. The Morgan fingerprint density at radius 3 is 2.37 bits per heavy atom. The predicted octanol–water partition coefficient (Wildman–Crippen LogP) is 5.07. The van der Waals surface area contributed by atoms with Crippen LogP contribution in [0.2, 0.25) is 5.02 Å². The number of benzene rings is 2. The van der Waals surface area contributed by atoms with E-state index in [0.717, 1.165) is 22.4 Å². The number of hydrogen-bond acceptors (Lipinski definition) is 3. The number of aryl methyl sites for hydroxylation is 1. The van der Waals surface area contributed by atoms with Gasteiger partial charge >= 0.3 is 0 Å². The second-order valence-corrected chi connectivity index (χ2v) is 9.30. The van der Waals surface area contributed by atoms with Gasteiger partial charge in [-0.15, -0.1) is 11.8 Å². The van der Waals surface area contributed by atoms with Gasteiger partial charge in [-0.1, -0.05) is 61.8 Å². The Morgan fingerprint density at radius 2 is 1.73 bits per heavy atom. The van der Waals surface area contributed by atoms with Crippen LogP contribution in [0.15, 0.2) is 48.5 Å². The summed E-state index contributed by atoms with van der Waals surface area (Å²) >= 11 is 7.48. The molecular weight excluding hydrogens is 416 g/mol. The van der Waals surface area contributed by atoms with Crippen LogP contribution in [0.25, 0.3) is 0 Å². The number of nitrogens with zero attached hydrogens (tertiary/aromatic N) is 1. The molecular formula is C24H31ClN2O2S. The lowest BCUT2D eigenvalue weighted by molar-refractivity contribution is -0.138. The van der Waals surface area contributed by atoms with Crippen LogP contribution in [0, 0.1) is 12.8 Å². The molecule has 1 N–H and O–H groups in total. The summed E-state index contributed by atoms with van der Waals surface area (Å²) in [6.45, 7) is 8.94. The maximum atomic E-state index is 13.1. The minimum absolute atomic E-state index is 0.0376. The lowest BCUT2D eigenvalue weighted by Gasteiger charge is -2.29. The summed E-state index contributed by atoms with van der Waals surface area (Å²) in [6.07, 6.45) is 0. The first-order chi connectivity index (χ1) is 14.3. The second kappa shape index (κ2) is 12.0. The summed E-state index contributed by atoms with van der Waals surface area (Å²) in [5.41, 5.74) is 3.28. The quantitative estimate of drug-likeness (QED) is 0.554. The molecule has 0 heterocycles. The zero-order valence-electron chi connectivity index (χ0n) is 18.2. The van der Waals surface area contributed by atoms with E-state index in [9.17, 15) is 9.59 Å². The number of amides is 2. The van der Waals surface area contributed by atoms with Crippen molar-refractivity contribution in [2.75, 3.05) is 12.3 Å². The van der Waals surface area contributed by atoms with Gasteiger partial charge < -0.3 is 10.2 Å². The lowest BCUT2D eigenvalue weighted by Crippen LogP contribution is -2.48. The Morgan fingerprint density at radius 1 is 1.07 bits per heavy atom. The first-order valence-electron chi connectivity index (χ1n) is 10.2. The molecule has 1 atom stereocenters. The molecule has 0 aromatic heterocycles. The molecule has 6 heteroatoms. The van der Waals surface area contributed by atoms with Crippen LogP contribution in [0.4, 0.5) is 0 Å². The smallest absolute Gasteiger partial charge is 0.242 e. The van der Waals surface area contributed by atoms with Gasteiger partial charge in [0.25, 0.3) is 0 Å². The van der Waals surface area contributed by atoms with Gasteiger partial charge in [-0.3, -0.25) is 9.59 Å². The van der Waals surface area contributed by atoms with Gasteiger partial charge in [0.2, 0.25) is 11.8 Å². The predicted molar refractivity (Wildman–Crippen MR) is 127 cm³/mol. The minimum Gasteiger partial charge on any atom is -0.354 e. The fraction of sp³-hybridized carbons (Fsp3) is 0.417. The molecule has 0 unspecified atom stereocenters. The number of carbonyl (C=O) groups excluding carboxylic acids is 2. The van der Waals surface area contributed by atoms with E-state index in [-0.39, 0.29) is 11.8 Å². The summed E-state index contributed by atoms with van der Waals surface area (Å²) in [4.78, 5) is 27.4. The number of hydrogen-bond donors (Lipinski definition) is 1. The van der Waals surface area contributed by atoms with Gasteiger partial charge in [0.05, 0.1) is 5.75 Å². The van der Waals surface area contributed by atoms with Crippen molar-refractivity contribution in [3.8, 4) is 0 Å². The molecule has 30 heavy (non-hydrogen) atoms. The van der Waals surface area contributed by atoms with Crippen molar-refractivity contribution in [3.05, 3.63) is 70.2 Å². The maximum Gasteiger partial charge on any atom is 0.242 e. The van der Waals surface area contributed by atoms with Crippen LogP contribution in [0.3, 0.4) is 0 Å². The van der Waals surface area contributed by atoms with Crippen LogP contribution in [0.5, 0.6) is 0 Å². The van der Waals surface area contributed by atoms with Crippen LogP contribution >= 0.6 is 23.4 Å². The molecule has 162 valence electrons. The molecule has 0 aliphatic rings. The van der Waals surface area contributed by atoms with E-state index in [4.69, 9.17) is 11.6 Å². The van der Waals surface area contributed by atoms with Gasteiger partial charge in [0.1, 0.15) is 6.04 Å². The summed E-state index contributed by atoms with van der Waals surface area (Å²) in [5.74, 6) is 1.24. The van der Waals surface area contributed by atoms with Gasteiger partial charge in [0.15, 0.2) is 0 Å². The average Bonchev–Trinajstić information content (AvgIpc) is 2.72. The minimum atomic E-state index is -0.535. The van der Waals surface area contributed by atoms with Gasteiger partial charge in [-0.2, -0.15) is 0 Å². The van der Waals surface area contributed by atoms with Crippen LogP contribution in [0.1, 0.15) is 37.5 Å². The van der Waals surface area contributed by atoms with Crippen molar-refractivity contribution in [1.29, 1.82) is 0 Å². The third-order valence-electron chi connectivity index (χ3n) is 4.86. The largest absolute Gasteiger partial charge is 0.354 e. The normalized spacial score (nSPS) is 11.9. The van der Waals surface area contributed by atoms with Gasteiger partial charge in [-0.25, -0.2) is 0 Å². The molecule has 0 saturated heterocycles. The summed E-state index contributed by atoms with van der Waals surface area (Å²) < 4.78 is 0. The SMILES string of the molecule is Cc1ccccc1CN(C(=O)CSCc1ccc(Cl)cc1)[C@H](C)C(=O)NCC(C)C. The topological polar surface area (TPSA) is 49.4 Å². The van der Waals surface area contributed by atoms with E-state index in [1.54, 1.807) is 23.6 Å². The van der Waals surface area contributed by atoms with Crippen molar-refractivity contribution >= 4 is 35.2 Å². The fourth-order valence-electron chi connectivity index (χ4n) is 2.93. The Kier molecular flexibility index (Phi) is 9.73. The molecule has 2 aromatic carbocycles. The van der Waals surface area contributed by atoms with Crippen LogP contribution in [-0.4, -0.2) is 35.1 Å². The highest BCUT2D eigenvalue weighted by Gasteiger charge is 2.26. The first-order valence-corrected chi connectivity index (χ1v) is 11.7. The highest BCUT2D eigenvalue weighted by atomic mass is 35.5. The van der Waals surface area contributed by atoms with E-state index in [2.05, 4.69) is 19.2 Å². The Hall–Kier alpha value is -1.98. The van der Waals surface area contributed by atoms with E-state index in [1.165, 1.54) is 0 Å². The Balaban J connectivity index is 2.06. The standard InChI is InChI=1S/C24H31ClN2O2S/c1-17(2)13-26-24(29)19(4)27(14-21-8-6-5-7-18(21)3)23(28)16-30-15-20-9-11-22(25)12-10-20/h5-12,17,19H,13-16H2,1-4H3,(H,26,29)/t19-/m1/s1. The summed E-state index contributed by atoms with van der Waals surface area (Å²) in [6, 6.07) is 15.1. The van der Waals surface area contributed by atoms with Crippen molar-refractivity contribution in [2.24, 2.45) is 5.92 Å². The van der Waals surface area contributed by atoms with Crippen molar-refractivity contribution in [2.45, 2.75) is 46.0 Å². The fourth-order valence-corrected chi connectivity index (χ4v) is 3.92. The van der Waals surface area contributed by atoms with Crippen molar-refractivity contribution in [1.82, 2.24) is 10.2 Å². The monoisotopic (exact) mass is 446 g/mol. The van der Waals surface area contributed by atoms with Crippen molar-refractivity contribution in [3.63, 3.8) is 0 Å². The summed E-state index contributed by atoms with van der Waals surface area (Å²) in [5, 5.41) is 3.65. The number of rotatable bonds is 10. The molecule has 0 radical (unpaired) electrons. The first kappa shape index (κ1) is 24.3. The zero-order chi connectivity index (χ0) is 22.1. The second-order valence-electron chi connectivity index (χ2n) is 7.88. The number of thioether (sulfide) groups is 1. The molecule has 0 fully saturated rings. The molecule has 4 nitrogen and oxygen atoms in total. The Bertz CT molecular complexity index is 839. The average molecular weight is 447 g/mol. The highest BCUT2D eigenvalue weighted by Crippen LogP contribution is 2.18. The highest BCUT2D eigenvalue weighted by molar-refractivity contribution is 7.99. The molecule has 0 aliphatic carbocycles. The van der Waals surface area contributed by atoms with E-state index < -0.39 is 6.04 Å². The maximum absolute atomic E-state index is 13.1. The van der Waals surface area contributed by atoms with Gasteiger partial charge in [0, 0.05) is 23.9 Å². The molecule has 2 rings (SSSR count). The molecule has 0 saturated carbocycles. The number of carbonyl (C=O) groups is 2. The van der Waals surface area contributed by atoms with Crippen LogP contribution < -0.4 is 5.32 Å². The third kappa shape index (κ3) is 7.69. The molecule has 0 bridgehead atoms. The van der Waals surface area contributed by atoms with Gasteiger partial charge in [-0.05, 0) is 48.6 Å². The molecule has 0 aliphatic heterocycles. The van der Waals surface area contributed by atoms with E-state index in [0.29, 0.717) is 29.8 Å². The van der Waals surface area contributed by atoms with Crippen LogP contribution in [-0.2, 0) is 21.9 Å². The zero-order valence-corrected chi connectivity index (χ0v) is 19.7. The third-order valence-corrected chi connectivity index (χ3v) is 6.10. The molecule has 0 spiro atoms. The summed E-state index contributed by atoms with van der Waals surface area (Å²) in [7, 11) is 0. The van der Waals surface area contributed by atoms with E-state index in [1.807, 2.05) is 55.5 Å². The number of nitrogens with one attached hydrogen (secondary N) is 1. The Labute approximate surface area is 189 Å². The molecule has 2 amide bonds. The lowest BCUT2D eigenvalue weighted by atomic mass is 10.1.